The summed E-state index contributed by atoms with van der Waals surface area (Å²) in [6.45, 7) is 6.67. The van der Waals surface area contributed by atoms with Crippen LogP contribution >= 0.6 is 0 Å². The van der Waals surface area contributed by atoms with Crippen LogP contribution in [0.4, 0.5) is 5.69 Å². The van der Waals surface area contributed by atoms with Gasteiger partial charge in [0.15, 0.2) is 6.10 Å². The zero-order valence-electron chi connectivity index (χ0n) is 13.6. The molecular formula is C18H21NO4. The smallest absolute Gasteiger partial charge is 0.256 e. The SMILES string of the molecule is Cc1ccc(-c2ccc(C)c(NC(=O)[C@H]3OCCO[C@H]3C)c2)o1. The van der Waals surface area contributed by atoms with E-state index in [4.69, 9.17) is 13.9 Å². The Bertz CT molecular complexity index is 707. The fourth-order valence-corrected chi connectivity index (χ4v) is 2.62. The highest BCUT2D eigenvalue weighted by molar-refractivity contribution is 5.95. The highest BCUT2D eigenvalue weighted by Gasteiger charge is 2.30. The lowest BCUT2D eigenvalue weighted by Gasteiger charge is -2.28. The van der Waals surface area contributed by atoms with Crippen molar-refractivity contribution in [1.29, 1.82) is 0 Å². The minimum absolute atomic E-state index is 0.187. The van der Waals surface area contributed by atoms with Gasteiger partial charge in [0.1, 0.15) is 11.5 Å². The molecule has 1 aromatic carbocycles. The number of carbonyl (C=O) groups excluding carboxylic acids is 1. The number of hydrogen-bond donors (Lipinski definition) is 1. The molecule has 2 atom stereocenters. The van der Waals surface area contributed by atoms with Crippen LogP contribution in [0.25, 0.3) is 11.3 Å². The van der Waals surface area contributed by atoms with Crippen molar-refractivity contribution in [2.45, 2.75) is 33.0 Å². The summed E-state index contributed by atoms with van der Waals surface area (Å²) in [5.74, 6) is 1.45. The number of nitrogens with one attached hydrogen (secondary N) is 1. The molecule has 3 rings (SSSR count). The second-order valence-corrected chi connectivity index (χ2v) is 5.80. The van der Waals surface area contributed by atoms with Gasteiger partial charge in [0, 0.05) is 11.3 Å². The minimum atomic E-state index is -0.585. The zero-order valence-corrected chi connectivity index (χ0v) is 13.6. The number of carbonyl (C=O) groups is 1. The van der Waals surface area contributed by atoms with Gasteiger partial charge in [-0.1, -0.05) is 12.1 Å². The summed E-state index contributed by atoms with van der Waals surface area (Å²) in [6.07, 6.45) is -0.836. The molecule has 0 saturated carbocycles. The van der Waals surface area contributed by atoms with Gasteiger partial charge in [0.25, 0.3) is 5.91 Å². The third-order valence-electron chi connectivity index (χ3n) is 3.97. The highest BCUT2D eigenvalue weighted by Crippen LogP contribution is 2.27. The van der Waals surface area contributed by atoms with E-state index in [1.807, 2.05) is 51.1 Å². The Hall–Kier alpha value is -2.11. The molecule has 1 aliphatic heterocycles. The van der Waals surface area contributed by atoms with Crippen LogP contribution < -0.4 is 5.32 Å². The molecule has 122 valence electrons. The number of amides is 1. The summed E-state index contributed by atoms with van der Waals surface area (Å²) >= 11 is 0. The lowest BCUT2D eigenvalue weighted by atomic mass is 10.1. The number of benzene rings is 1. The molecule has 0 unspecified atom stereocenters. The van der Waals surface area contributed by atoms with Gasteiger partial charge in [0.05, 0.1) is 19.3 Å². The van der Waals surface area contributed by atoms with Crippen LogP contribution in [-0.2, 0) is 14.3 Å². The summed E-state index contributed by atoms with van der Waals surface area (Å²) < 4.78 is 16.6. The van der Waals surface area contributed by atoms with Crippen molar-refractivity contribution < 1.29 is 18.7 Å². The van der Waals surface area contributed by atoms with Crippen LogP contribution in [0.1, 0.15) is 18.2 Å². The average molecular weight is 315 g/mol. The Morgan fingerprint density at radius 2 is 1.91 bits per heavy atom. The first-order valence-corrected chi connectivity index (χ1v) is 7.76. The molecule has 23 heavy (non-hydrogen) atoms. The lowest BCUT2D eigenvalue weighted by Crippen LogP contribution is -2.44. The van der Waals surface area contributed by atoms with E-state index >= 15 is 0 Å². The Labute approximate surface area is 135 Å². The Morgan fingerprint density at radius 3 is 2.61 bits per heavy atom. The van der Waals surface area contributed by atoms with Gasteiger partial charge >= 0.3 is 0 Å². The molecule has 2 aromatic rings. The van der Waals surface area contributed by atoms with E-state index in [2.05, 4.69) is 5.32 Å². The first-order valence-electron chi connectivity index (χ1n) is 7.76. The number of rotatable bonds is 3. The first kappa shape index (κ1) is 15.8. The molecule has 5 heteroatoms. The summed E-state index contributed by atoms with van der Waals surface area (Å²) in [5, 5.41) is 2.94. The van der Waals surface area contributed by atoms with Gasteiger partial charge in [-0.15, -0.1) is 0 Å². The maximum atomic E-state index is 12.4. The number of ether oxygens (including phenoxy) is 2. The second kappa shape index (κ2) is 6.56. The van der Waals surface area contributed by atoms with Crippen molar-refractivity contribution in [3.63, 3.8) is 0 Å². The van der Waals surface area contributed by atoms with Crippen LogP contribution in [0, 0.1) is 13.8 Å². The van der Waals surface area contributed by atoms with Crippen molar-refractivity contribution in [1.82, 2.24) is 0 Å². The predicted octanol–water partition coefficient (Wildman–Crippen LogP) is 3.31. The third kappa shape index (κ3) is 3.46. The maximum absolute atomic E-state index is 12.4. The fraction of sp³-hybridized carbons (Fsp3) is 0.389. The van der Waals surface area contributed by atoms with E-state index in [1.54, 1.807) is 0 Å². The molecule has 1 amide bonds. The fourth-order valence-electron chi connectivity index (χ4n) is 2.62. The third-order valence-corrected chi connectivity index (χ3v) is 3.97. The van der Waals surface area contributed by atoms with E-state index in [9.17, 15) is 4.79 Å². The van der Waals surface area contributed by atoms with Gasteiger partial charge in [-0.3, -0.25) is 4.79 Å². The van der Waals surface area contributed by atoms with Gasteiger partial charge in [-0.05, 0) is 44.5 Å². The normalized spacial score (nSPS) is 21.2. The van der Waals surface area contributed by atoms with Crippen LogP contribution in [0.5, 0.6) is 0 Å². The molecule has 0 bridgehead atoms. The van der Waals surface area contributed by atoms with E-state index in [0.717, 1.165) is 28.3 Å². The molecule has 2 heterocycles. The molecule has 1 fully saturated rings. The molecule has 0 radical (unpaired) electrons. The van der Waals surface area contributed by atoms with Gasteiger partial charge in [0.2, 0.25) is 0 Å². The first-order chi connectivity index (χ1) is 11.0. The number of aryl methyl sites for hydroxylation is 2. The van der Waals surface area contributed by atoms with Gasteiger partial charge < -0.3 is 19.2 Å². The maximum Gasteiger partial charge on any atom is 0.256 e. The average Bonchev–Trinajstić information content (AvgIpc) is 2.96. The monoisotopic (exact) mass is 315 g/mol. The lowest BCUT2D eigenvalue weighted by molar-refractivity contribution is -0.157. The van der Waals surface area contributed by atoms with Crippen molar-refractivity contribution in [2.24, 2.45) is 0 Å². The molecule has 1 N–H and O–H groups in total. The van der Waals surface area contributed by atoms with E-state index in [-0.39, 0.29) is 12.0 Å². The second-order valence-electron chi connectivity index (χ2n) is 5.80. The number of anilines is 1. The molecule has 5 nitrogen and oxygen atoms in total. The molecule has 1 aromatic heterocycles. The van der Waals surface area contributed by atoms with Crippen LogP contribution in [-0.4, -0.2) is 31.3 Å². The Morgan fingerprint density at radius 1 is 1.13 bits per heavy atom. The molecule has 1 aliphatic rings. The molecule has 0 spiro atoms. The molecule has 0 aliphatic carbocycles. The summed E-state index contributed by atoms with van der Waals surface area (Å²) in [7, 11) is 0. The van der Waals surface area contributed by atoms with E-state index in [0.29, 0.717) is 13.2 Å². The minimum Gasteiger partial charge on any atom is -0.461 e. The van der Waals surface area contributed by atoms with E-state index < -0.39 is 6.10 Å². The molecule has 1 saturated heterocycles. The van der Waals surface area contributed by atoms with Crippen molar-refractivity contribution in [3.8, 4) is 11.3 Å². The summed E-state index contributed by atoms with van der Waals surface area (Å²) in [6, 6.07) is 9.70. The summed E-state index contributed by atoms with van der Waals surface area (Å²) in [5.41, 5.74) is 2.66. The Kier molecular flexibility index (Phi) is 4.50. The quantitative estimate of drug-likeness (QED) is 0.944. The van der Waals surface area contributed by atoms with Crippen molar-refractivity contribution in [3.05, 3.63) is 41.7 Å². The van der Waals surface area contributed by atoms with Crippen molar-refractivity contribution >= 4 is 11.6 Å². The standard InChI is InChI=1S/C18H21NO4/c1-11-4-6-14(16-7-5-12(2)23-16)10-15(11)19-18(20)17-13(3)21-8-9-22-17/h4-7,10,13,17H,8-9H2,1-3H3,(H,19,20)/t13-,17-/m0/s1. The highest BCUT2D eigenvalue weighted by atomic mass is 16.6. The van der Waals surface area contributed by atoms with Crippen molar-refractivity contribution in [2.75, 3.05) is 18.5 Å². The van der Waals surface area contributed by atoms with Crippen LogP contribution in [0.3, 0.4) is 0 Å². The van der Waals surface area contributed by atoms with Crippen LogP contribution in [0.15, 0.2) is 34.7 Å². The largest absolute Gasteiger partial charge is 0.461 e. The van der Waals surface area contributed by atoms with Gasteiger partial charge in [-0.25, -0.2) is 0 Å². The van der Waals surface area contributed by atoms with E-state index in [1.165, 1.54) is 0 Å². The number of furan rings is 1. The van der Waals surface area contributed by atoms with Gasteiger partial charge in [-0.2, -0.15) is 0 Å². The number of hydrogen-bond acceptors (Lipinski definition) is 4. The molecular weight excluding hydrogens is 294 g/mol. The summed E-state index contributed by atoms with van der Waals surface area (Å²) in [4.78, 5) is 12.4. The predicted molar refractivity (Wildman–Crippen MR) is 87.4 cm³/mol. The topological polar surface area (TPSA) is 60.7 Å². The van der Waals surface area contributed by atoms with Crippen LogP contribution in [0.2, 0.25) is 0 Å². The zero-order chi connectivity index (χ0) is 16.4. The Balaban J connectivity index is 1.80.